The predicted molar refractivity (Wildman–Crippen MR) is 219 cm³/mol. The molecular weight excluding hydrogens is 689 g/mol. The third kappa shape index (κ3) is 39.2. The van der Waals surface area contributed by atoms with Gasteiger partial charge in [-0.25, -0.2) is 4.57 Å². The standard InChI is InChI=1S/C43H76NO8P/c1-6-8-10-12-14-16-18-20-22-24-25-27-29-31-33-35-42(45)49-39-41(40-51-53(47,48)50-38-37-44(3,4)5)52-43(46)36-34-32-30-28-26-23-21-19-17-15-13-11-9-7-2/h13-16,19-22,25,27,41H,6-12,17-18,23-24,26,28-40H2,1-5H3/p+1/b15-13+,16-14+,21-19+,22-20+,27-25+/t41-/m1/s1. The zero-order valence-corrected chi connectivity index (χ0v) is 35.1. The molecule has 0 aliphatic heterocycles. The summed E-state index contributed by atoms with van der Waals surface area (Å²) in [6, 6.07) is 0. The largest absolute Gasteiger partial charge is 0.472 e. The van der Waals surface area contributed by atoms with Gasteiger partial charge in [-0.3, -0.25) is 18.6 Å². The van der Waals surface area contributed by atoms with Gasteiger partial charge in [-0.05, 0) is 77.0 Å². The van der Waals surface area contributed by atoms with Gasteiger partial charge in [-0.1, -0.05) is 120 Å². The number of carbonyl (C=O) groups is 2. The number of likely N-dealkylation sites (N-methyl/N-ethyl adjacent to an activating group) is 1. The lowest BCUT2D eigenvalue weighted by Crippen LogP contribution is -2.37. The number of ether oxygens (including phenoxy) is 2. The van der Waals surface area contributed by atoms with E-state index in [9.17, 15) is 19.0 Å². The number of hydrogen-bond donors (Lipinski definition) is 1. The molecule has 0 aromatic heterocycles. The lowest BCUT2D eigenvalue weighted by Gasteiger charge is -2.24. The molecule has 0 saturated carbocycles. The molecular formula is C43H77NO8P+. The highest BCUT2D eigenvalue weighted by atomic mass is 31.2. The molecule has 0 aliphatic rings. The molecule has 2 atom stereocenters. The molecule has 1 unspecified atom stereocenters. The molecule has 0 aromatic carbocycles. The van der Waals surface area contributed by atoms with Gasteiger partial charge in [0.15, 0.2) is 6.10 Å². The van der Waals surface area contributed by atoms with Crippen molar-refractivity contribution in [2.75, 3.05) is 47.5 Å². The average molecular weight is 767 g/mol. The van der Waals surface area contributed by atoms with Crippen LogP contribution in [0.5, 0.6) is 0 Å². The Balaban J connectivity index is 4.51. The van der Waals surface area contributed by atoms with Crippen molar-refractivity contribution in [2.24, 2.45) is 0 Å². The van der Waals surface area contributed by atoms with Gasteiger partial charge in [0.25, 0.3) is 0 Å². The summed E-state index contributed by atoms with van der Waals surface area (Å²) in [7, 11) is 1.43. The molecule has 0 fully saturated rings. The third-order valence-corrected chi connectivity index (χ3v) is 9.25. The average Bonchev–Trinajstić information content (AvgIpc) is 3.10. The Morgan fingerprint density at radius 3 is 1.60 bits per heavy atom. The van der Waals surface area contributed by atoms with Crippen LogP contribution in [0.3, 0.4) is 0 Å². The molecule has 0 amide bonds. The van der Waals surface area contributed by atoms with E-state index in [1.54, 1.807) is 0 Å². The molecule has 0 aromatic rings. The first kappa shape index (κ1) is 50.7. The van der Waals surface area contributed by atoms with Gasteiger partial charge in [-0.15, -0.1) is 0 Å². The molecule has 10 heteroatoms. The van der Waals surface area contributed by atoms with E-state index in [1.165, 1.54) is 32.1 Å². The number of unbranched alkanes of at least 4 members (excludes halogenated alkanes) is 12. The van der Waals surface area contributed by atoms with Crippen molar-refractivity contribution in [3.63, 3.8) is 0 Å². The fourth-order valence-corrected chi connectivity index (χ4v) is 5.72. The van der Waals surface area contributed by atoms with Gasteiger partial charge in [0, 0.05) is 12.8 Å². The summed E-state index contributed by atoms with van der Waals surface area (Å²) in [6.45, 7) is 4.26. The van der Waals surface area contributed by atoms with Crippen molar-refractivity contribution in [2.45, 2.75) is 155 Å². The van der Waals surface area contributed by atoms with Crippen molar-refractivity contribution < 1.29 is 42.1 Å². The summed E-state index contributed by atoms with van der Waals surface area (Å²) >= 11 is 0. The van der Waals surface area contributed by atoms with Crippen LogP contribution < -0.4 is 0 Å². The molecule has 0 bridgehead atoms. The number of rotatable bonds is 36. The number of allylic oxidation sites excluding steroid dienone is 10. The molecule has 1 N–H and O–H groups in total. The van der Waals surface area contributed by atoms with E-state index >= 15 is 0 Å². The smallest absolute Gasteiger partial charge is 0.462 e. The zero-order chi connectivity index (χ0) is 39.3. The molecule has 0 rings (SSSR count). The van der Waals surface area contributed by atoms with Crippen LogP contribution in [0.4, 0.5) is 0 Å². The van der Waals surface area contributed by atoms with Crippen LogP contribution in [0.1, 0.15) is 149 Å². The summed E-state index contributed by atoms with van der Waals surface area (Å²) in [6.07, 6.45) is 41.2. The van der Waals surface area contributed by atoms with Gasteiger partial charge in [0.05, 0.1) is 27.7 Å². The molecule has 53 heavy (non-hydrogen) atoms. The van der Waals surface area contributed by atoms with Crippen molar-refractivity contribution in [3.05, 3.63) is 60.8 Å². The molecule has 0 spiro atoms. The molecule has 0 saturated heterocycles. The molecule has 9 nitrogen and oxygen atoms in total. The maximum atomic E-state index is 12.6. The van der Waals surface area contributed by atoms with Crippen molar-refractivity contribution >= 4 is 19.8 Å². The highest BCUT2D eigenvalue weighted by Gasteiger charge is 2.27. The maximum absolute atomic E-state index is 12.6. The maximum Gasteiger partial charge on any atom is 0.472 e. The second-order valence-corrected chi connectivity index (χ2v) is 16.1. The third-order valence-electron chi connectivity index (χ3n) is 8.27. The highest BCUT2D eigenvalue weighted by Crippen LogP contribution is 2.43. The lowest BCUT2D eigenvalue weighted by molar-refractivity contribution is -0.870. The lowest BCUT2D eigenvalue weighted by atomic mass is 10.1. The van der Waals surface area contributed by atoms with E-state index in [-0.39, 0.29) is 26.1 Å². The number of quaternary nitrogens is 1. The fraction of sp³-hybridized carbons (Fsp3) is 0.721. The van der Waals surface area contributed by atoms with Crippen LogP contribution in [-0.4, -0.2) is 74.9 Å². The Morgan fingerprint density at radius 1 is 0.585 bits per heavy atom. The van der Waals surface area contributed by atoms with Crippen LogP contribution >= 0.6 is 7.82 Å². The molecule has 0 heterocycles. The van der Waals surface area contributed by atoms with E-state index < -0.39 is 32.5 Å². The number of phosphoric acid groups is 1. The van der Waals surface area contributed by atoms with Crippen molar-refractivity contribution in [1.29, 1.82) is 0 Å². The van der Waals surface area contributed by atoms with Gasteiger partial charge >= 0.3 is 19.8 Å². The van der Waals surface area contributed by atoms with Crippen molar-refractivity contribution in [3.8, 4) is 0 Å². The number of nitrogens with zero attached hydrogens (tertiary/aromatic N) is 1. The van der Waals surface area contributed by atoms with E-state index in [0.29, 0.717) is 23.9 Å². The Bertz CT molecular complexity index is 1090. The first-order valence-electron chi connectivity index (χ1n) is 20.5. The Kier molecular flexibility index (Phi) is 33.9. The van der Waals surface area contributed by atoms with Gasteiger partial charge in [-0.2, -0.15) is 0 Å². The van der Waals surface area contributed by atoms with Crippen LogP contribution in [0, 0.1) is 0 Å². The van der Waals surface area contributed by atoms with Crippen LogP contribution in [0.2, 0.25) is 0 Å². The predicted octanol–water partition coefficient (Wildman–Crippen LogP) is 11.3. The molecule has 0 aliphatic carbocycles. The second-order valence-electron chi connectivity index (χ2n) is 14.7. The summed E-state index contributed by atoms with van der Waals surface area (Å²) in [5, 5.41) is 0. The SMILES string of the molecule is CCCC/C=C/C/C=C/CCCCCCCC(=O)O[C@H](COC(=O)CCCC/C=C/C/C=C/C/C=C/CCCCC)COP(=O)(O)OCC[N+](C)(C)C. The minimum Gasteiger partial charge on any atom is -0.462 e. The van der Waals surface area contributed by atoms with Gasteiger partial charge < -0.3 is 18.9 Å². The second kappa shape index (κ2) is 35.4. The highest BCUT2D eigenvalue weighted by molar-refractivity contribution is 7.47. The normalized spacial score (nSPS) is 14.3. The summed E-state index contributed by atoms with van der Waals surface area (Å²) < 4.78 is 34.2. The fourth-order valence-electron chi connectivity index (χ4n) is 4.98. The first-order valence-corrected chi connectivity index (χ1v) is 22.0. The summed E-state index contributed by atoms with van der Waals surface area (Å²) in [5.41, 5.74) is 0. The number of esters is 2. The minimum absolute atomic E-state index is 0.0201. The first-order chi connectivity index (χ1) is 25.5. The Labute approximate surface area is 324 Å². The van der Waals surface area contributed by atoms with Crippen LogP contribution in [0.15, 0.2) is 60.8 Å². The number of carbonyl (C=O) groups excluding carboxylic acids is 2. The summed E-state index contributed by atoms with van der Waals surface area (Å²) in [5.74, 6) is -0.867. The molecule has 0 radical (unpaired) electrons. The van der Waals surface area contributed by atoms with Gasteiger partial charge in [0.1, 0.15) is 19.8 Å². The quantitative estimate of drug-likeness (QED) is 0.0221. The van der Waals surface area contributed by atoms with Crippen LogP contribution in [-0.2, 0) is 32.7 Å². The van der Waals surface area contributed by atoms with Crippen molar-refractivity contribution in [1.82, 2.24) is 0 Å². The van der Waals surface area contributed by atoms with E-state index in [4.69, 9.17) is 18.5 Å². The minimum atomic E-state index is -4.39. The monoisotopic (exact) mass is 767 g/mol. The van der Waals surface area contributed by atoms with E-state index in [2.05, 4.69) is 74.6 Å². The Hall–Kier alpha value is -2.29. The Morgan fingerprint density at radius 2 is 1.04 bits per heavy atom. The molecule has 306 valence electrons. The zero-order valence-electron chi connectivity index (χ0n) is 34.2. The number of phosphoric ester groups is 1. The van der Waals surface area contributed by atoms with Crippen LogP contribution in [0.25, 0.3) is 0 Å². The van der Waals surface area contributed by atoms with E-state index in [1.807, 2.05) is 21.1 Å². The summed E-state index contributed by atoms with van der Waals surface area (Å²) in [4.78, 5) is 35.2. The van der Waals surface area contributed by atoms with E-state index in [0.717, 1.165) is 77.0 Å². The van der Waals surface area contributed by atoms with Gasteiger partial charge in [0.2, 0.25) is 0 Å². The topological polar surface area (TPSA) is 108 Å². The number of hydrogen-bond acceptors (Lipinski definition) is 7.